The molecule has 10 heteroatoms. The summed E-state index contributed by atoms with van der Waals surface area (Å²) >= 11 is 0. The molecule has 0 bridgehead atoms. The molecule has 0 aliphatic rings. The number of guanidine groups is 1. The van der Waals surface area contributed by atoms with Gasteiger partial charge in [0, 0.05) is 11.9 Å². The fourth-order valence-corrected chi connectivity index (χ4v) is 2.34. The number of halogens is 1. The van der Waals surface area contributed by atoms with Gasteiger partial charge in [-0.3, -0.25) is 4.98 Å². The fourth-order valence-electron chi connectivity index (χ4n) is 1.46. The first kappa shape index (κ1) is 18.4. The van der Waals surface area contributed by atoms with Crippen LogP contribution in [-0.4, -0.2) is 25.6 Å². The highest BCUT2D eigenvalue weighted by Gasteiger charge is 2.12. The van der Waals surface area contributed by atoms with E-state index in [1.807, 2.05) is 0 Å². The number of nitrogens with zero attached hydrogens (tertiary/aromatic N) is 3. The average Bonchev–Trinajstić information content (AvgIpc) is 2.48. The van der Waals surface area contributed by atoms with E-state index >= 15 is 0 Å². The zero-order chi connectivity index (χ0) is 16.0. The summed E-state index contributed by atoms with van der Waals surface area (Å²) in [7, 11) is -3.92. The Balaban J connectivity index is 0.00000264. The maximum absolute atomic E-state index is 12.0. The van der Waals surface area contributed by atoms with Crippen molar-refractivity contribution in [1.82, 2.24) is 10.4 Å². The molecule has 0 radical (unpaired) electrons. The number of nitrogen functional groups attached to an aromatic ring is 1. The van der Waals surface area contributed by atoms with E-state index in [2.05, 4.69) is 19.9 Å². The van der Waals surface area contributed by atoms with Crippen LogP contribution >= 0.6 is 12.4 Å². The molecule has 0 unspecified atom stereocenters. The molecule has 1 heterocycles. The lowest BCUT2D eigenvalue weighted by Crippen LogP contribution is -2.28. The molecule has 0 saturated heterocycles. The first-order valence-corrected chi connectivity index (χ1v) is 7.57. The summed E-state index contributed by atoms with van der Waals surface area (Å²) in [5, 5.41) is 3.76. The Labute approximate surface area is 139 Å². The van der Waals surface area contributed by atoms with Crippen molar-refractivity contribution in [2.24, 2.45) is 15.2 Å². The van der Waals surface area contributed by atoms with Crippen LogP contribution in [0.15, 0.2) is 63.1 Å². The van der Waals surface area contributed by atoms with Crippen molar-refractivity contribution in [1.29, 1.82) is 0 Å². The molecule has 0 aliphatic carbocycles. The van der Waals surface area contributed by atoms with Crippen molar-refractivity contribution in [3.8, 4) is 0 Å². The van der Waals surface area contributed by atoms with Crippen molar-refractivity contribution in [3.63, 3.8) is 0 Å². The minimum atomic E-state index is -3.92. The van der Waals surface area contributed by atoms with Crippen LogP contribution in [-0.2, 0) is 10.0 Å². The van der Waals surface area contributed by atoms with Gasteiger partial charge < -0.3 is 11.5 Å². The molecule has 0 spiro atoms. The van der Waals surface area contributed by atoms with Crippen LogP contribution in [0.1, 0.15) is 5.69 Å². The number of aromatic nitrogens is 1. The molecular weight excluding hydrogens is 340 g/mol. The maximum atomic E-state index is 12.0. The largest absolute Gasteiger partial charge is 0.399 e. The number of hydrazone groups is 1. The zero-order valence-electron chi connectivity index (χ0n) is 11.8. The summed E-state index contributed by atoms with van der Waals surface area (Å²) in [5.74, 6) is -0.357. The van der Waals surface area contributed by atoms with Crippen molar-refractivity contribution < 1.29 is 8.42 Å². The Bertz CT molecular complexity index is 791. The molecule has 122 valence electrons. The summed E-state index contributed by atoms with van der Waals surface area (Å²) in [6.07, 6.45) is 2.99. The van der Waals surface area contributed by atoms with Crippen LogP contribution < -0.4 is 16.9 Å². The number of nitrogens with one attached hydrogen (secondary N) is 1. The van der Waals surface area contributed by atoms with Gasteiger partial charge in [0.05, 0.1) is 16.8 Å². The number of hydrogen-bond donors (Lipinski definition) is 3. The Morgan fingerprint density at radius 1 is 1.17 bits per heavy atom. The van der Waals surface area contributed by atoms with Crippen LogP contribution in [0.2, 0.25) is 0 Å². The topological polar surface area (TPSA) is 136 Å². The standard InChI is InChI=1S/C13H14N6O2S.ClH/c14-10-4-6-12(7-5-10)22(20,21)19-13(15)18-17-9-11-3-1-2-8-16-11;/h1-9H,14H2,(H3,15,18,19);1H. The molecule has 0 atom stereocenters. The van der Waals surface area contributed by atoms with Gasteiger partial charge in [-0.1, -0.05) is 6.07 Å². The number of nitrogens with two attached hydrogens (primary N) is 2. The lowest BCUT2D eigenvalue weighted by Gasteiger charge is -2.01. The maximum Gasteiger partial charge on any atom is 0.285 e. The quantitative estimate of drug-likeness (QED) is 0.320. The lowest BCUT2D eigenvalue weighted by atomic mass is 10.3. The molecule has 2 aromatic rings. The van der Waals surface area contributed by atoms with Gasteiger partial charge in [-0.15, -0.1) is 16.8 Å². The minimum absolute atomic E-state index is 0. The predicted octanol–water partition coefficient (Wildman–Crippen LogP) is 0.713. The number of anilines is 1. The fraction of sp³-hybridized carbons (Fsp3) is 0. The van der Waals surface area contributed by atoms with Gasteiger partial charge in [-0.25, -0.2) is 5.43 Å². The van der Waals surface area contributed by atoms with Crippen LogP contribution in [0.3, 0.4) is 0 Å². The first-order chi connectivity index (χ1) is 10.5. The summed E-state index contributed by atoms with van der Waals surface area (Å²) in [4.78, 5) is 3.99. The van der Waals surface area contributed by atoms with Crippen molar-refractivity contribution in [3.05, 3.63) is 54.4 Å². The molecule has 8 nitrogen and oxygen atoms in total. The summed E-state index contributed by atoms with van der Waals surface area (Å²) in [6, 6.07) is 10.9. The Kier molecular flexibility index (Phi) is 6.49. The summed E-state index contributed by atoms with van der Waals surface area (Å²) in [6.45, 7) is 0. The van der Waals surface area contributed by atoms with Crippen LogP contribution in [0.4, 0.5) is 5.69 Å². The second kappa shape index (κ2) is 8.11. The third kappa shape index (κ3) is 5.57. The van der Waals surface area contributed by atoms with Gasteiger partial charge in [-0.05, 0) is 36.4 Å². The van der Waals surface area contributed by atoms with Crippen LogP contribution in [0, 0.1) is 0 Å². The van der Waals surface area contributed by atoms with Gasteiger partial charge in [0.2, 0.25) is 5.96 Å². The SMILES string of the molecule is Cl.NC(=NS(=O)(=O)c1ccc(N)cc1)NN=Cc1ccccn1. The molecule has 23 heavy (non-hydrogen) atoms. The van der Waals surface area contributed by atoms with Gasteiger partial charge in [-0.2, -0.15) is 13.5 Å². The van der Waals surface area contributed by atoms with E-state index in [-0.39, 0.29) is 23.3 Å². The highest BCUT2D eigenvalue weighted by Crippen LogP contribution is 2.13. The molecule has 0 fully saturated rings. The van der Waals surface area contributed by atoms with Gasteiger partial charge in [0.25, 0.3) is 10.0 Å². The smallest absolute Gasteiger partial charge is 0.285 e. The number of sulfonamides is 1. The number of rotatable bonds is 4. The molecule has 0 saturated carbocycles. The molecule has 1 aromatic carbocycles. The van der Waals surface area contributed by atoms with E-state index in [9.17, 15) is 8.42 Å². The number of pyridine rings is 1. The average molecular weight is 355 g/mol. The number of hydrogen-bond acceptors (Lipinski definition) is 5. The van der Waals surface area contributed by atoms with Gasteiger partial charge >= 0.3 is 0 Å². The third-order valence-corrected chi connectivity index (χ3v) is 3.77. The van der Waals surface area contributed by atoms with Crippen molar-refractivity contribution in [2.45, 2.75) is 4.90 Å². The van der Waals surface area contributed by atoms with Gasteiger partial charge in [0.1, 0.15) is 0 Å². The predicted molar refractivity (Wildman–Crippen MR) is 91.9 cm³/mol. The van der Waals surface area contributed by atoms with E-state index in [0.29, 0.717) is 11.4 Å². The van der Waals surface area contributed by atoms with Gasteiger partial charge in [0.15, 0.2) is 0 Å². The van der Waals surface area contributed by atoms with E-state index in [0.717, 1.165) is 0 Å². The highest BCUT2D eigenvalue weighted by molar-refractivity contribution is 7.90. The van der Waals surface area contributed by atoms with E-state index in [4.69, 9.17) is 11.5 Å². The molecule has 1 aromatic heterocycles. The lowest BCUT2D eigenvalue weighted by molar-refractivity contribution is 0.597. The normalized spacial score (nSPS) is 11.9. The van der Waals surface area contributed by atoms with Crippen molar-refractivity contribution in [2.75, 3.05) is 5.73 Å². The zero-order valence-corrected chi connectivity index (χ0v) is 13.5. The minimum Gasteiger partial charge on any atom is -0.399 e. The van der Waals surface area contributed by atoms with E-state index in [1.54, 1.807) is 24.4 Å². The Hall–Kier alpha value is -2.65. The van der Waals surface area contributed by atoms with Crippen LogP contribution in [0.25, 0.3) is 0 Å². The second-order valence-corrected chi connectivity index (χ2v) is 5.75. The summed E-state index contributed by atoms with van der Waals surface area (Å²) in [5.41, 5.74) is 14.4. The molecule has 2 rings (SSSR count). The third-order valence-electron chi connectivity index (χ3n) is 2.46. The monoisotopic (exact) mass is 354 g/mol. The first-order valence-electron chi connectivity index (χ1n) is 6.13. The number of benzene rings is 1. The second-order valence-electron chi connectivity index (χ2n) is 4.15. The Morgan fingerprint density at radius 2 is 1.87 bits per heavy atom. The highest BCUT2D eigenvalue weighted by atomic mass is 35.5. The van der Waals surface area contributed by atoms with Crippen LogP contribution in [0.5, 0.6) is 0 Å². The van der Waals surface area contributed by atoms with E-state index in [1.165, 1.54) is 30.5 Å². The Morgan fingerprint density at radius 3 is 2.48 bits per heavy atom. The van der Waals surface area contributed by atoms with Crippen molar-refractivity contribution >= 4 is 40.3 Å². The van der Waals surface area contributed by atoms with E-state index < -0.39 is 10.0 Å². The molecule has 5 N–H and O–H groups in total. The molecular formula is C13H15ClN6O2S. The molecule has 0 aliphatic heterocycles. The molecule has 0 amide bonds. The summed E-state index contributed by atoms with van der Waals surface area (Å²) < 4.78 is 27.4.